The summed E-state index contributed by atoms with van der Waals surface area (Å²) in [7, 11) is 1.45. The lowest BCUT2D eigenvalue weighted by Crippen LogP contribution is -2.36. The number of aromatic carboxylic acids is 1. The van der Waals surface area contributed by atoms with E-state index in [4.69, 9.17) is 30.8 Å². The second-order valence-electron chi connectivity index (χ2n) is 11.0. The number of carboxylic acid groups (broad SMARTS) is 1. The molecular weight excluding hydrogens is 620 g/mol. The van der Waals surface area contributed by atoms with Crippen LogP contribution >= 0.6 is 11.6 Å². The Kier molecular flexibility index (Phi) is 8.59. The molecule has 14 heteroatoms. The zero-order chi connectivity index (χ0) is 32.0. The molecule has 0 radical (unpaired) electrons. The molecule has 1 fully saturated rings. The Hall–Kier alpha value is -3.94. The van der Waals surface area contributed by atoms with Crippen molar-refractivity contribution in [1.29, 1.82) is 0 Å². The summed E-state index contributed by atoms with van der Waals surface area (Å²) in [4.78, 5) is 23.2. The van der Waals surface area contributed by atoms with Crippen molar-refractivity contribution in [1.82, 2.24) is 19.4 Å². The van der Waals surface area contributed by atoms with Crippen molar-refractivity contribution < 1.29 is 41.7 Å². The van der Waals surface area contributed by atoms with Crippen LogP contribution in [-0.4, -0.2) is 56.9 Å². The standard InChI is InChI=1S/C31H29ClF4N4O5/c1-15-27-16(7-20(29(35)36)30(38-27)45-14-21-22(33)10-18(32)11-23(21)34)3-5-39(15)13-26-37-28-24(40(26)12-19-4-6-44-19)8-17(31(41)42)9-25(28)43-2/h7-11,15,19,29H,3-6,12-14H2,1-2H3,(H,41,42)/t15-,19-/m0/s1. The Morgan fingerprint density at radius 1 is 1.18 bits per heavy atom. The summed E-state index contributed by atoms with van der Waals surface area (Å²) < 4.78 is 75.4. The van der Waals surface area contributed by atoms with E-state index in [1.54, 1.807) is 6.07 Å². The van der Waals surface area contributed by atoms with Crippen LogP contribution in [0.5, 0.6) is 11.6 Å². The van der Waals surface area contributed by atoms with Crippen LogP contribution in [0.25, 0.3) is 11.0 Å². The van der Waals surface area contributed by atoms with Gasteiger partial charge in [0.2, 0.25) is 5.88 Å². The summed E-state index contributed by atoms with van der Waals surface area (Å²) in [5.41, 5.74) is 1.37. The van der Waals surface area contributed by atoms with E-state index in [2.05, 4.69) is 9.88 Å². The zero-order valence-electron chi connectivity index (χ0n) is 24.3. The Bertz CT molecular complexity index is 1760. The number of alkyl halides is 2. The number of hydrogen-bond donors (Lipinski definition) is 1. The molecule has 1 saturated heterocycles. The summed E-state index contributed by atoms with van der Waals surface area (Å²) in [6.07, 6.45) is -1.72. The van der Waals surface area contributed by atoms with Gasteiger partial charge < -0.3 is 23.9 Å². The van der Waals surface area contributed by atoms with Crippen molar-refractivity contribution in [3.8, 4) is 11.6 Å². The van der Waals surface area contributed by atoms with Crippen LogP contribution in [0.15, 0.2) is 30.3 Å². The van der Waals surface area contributed by atoms with E-state index in [0.717, 1.165) is 18.6 Å². The Labute approximate surface area is 260 Å². The Morgan fingerprint density at radius 3 is 2.53 bits per heavy atom. The maximum atomic E-state index is 14.4. The number of aromatic nitrogens is 3. The largest absolute Gasteiger partial charge is 0.494 e. The van der Waals surface area contributed by atoms with Crippen LogP contribution in [0, 0.1) is 11.6 Å². The minimum Gasteiger partial charge on any atom is -0.494 e. The number of methoxy groups -OCH3 is 1. The number of hydrogen-bond acceptors (Lipinski definition) is 7. The predicted octanol–water partition coefficient (Wildman–Crippen LogP) is 6.49. The summed E-state index contributed by atoms with van der Waals surface area (Å²) in [6, 6.07) is 5.79. The van der Waals surface area contributed by atoms with E-state index in [9.17, 15) is 27.5 Å². The summed E-state index contributed by atoms with van der Waals surface area (Å²) in [5.74, 6) is -2.46. The van der Waals surface area contributed by atoms with E-state index < -0.39 is 47.6 Å². The molecule has 0 spiro atoms. The van der Waals surface area contributed by atoms with E-state index >= 15 is 0 Å². The lowest BCUT2D eigenvalue weighted by Gasteiger charge is -2.35. The molecule has 4 aromatic rings. The summed E-state index contributed by atoms with van der Waals surface area (Å²) in [5, 5.41) is 9.54. The average molecular weight is 649 g/mol. The lowest BCUT2D eigenvalue weighted by molar-refractivity contribution is -0.0592. The predicted molar refractivity (Wildman–Crippen MR) is 155 cm³/mol. The highest BCUT2D eigenvalue weighted by Gasteiger charge is 2.32. The minimum absolute atomic E-state index is 0.0513. The van der Waals surface area contributed by atoms with Gasteiger partial charge in [0.1, 0.15) is 35.3 Å². The van der Waals surface area contributed by atoms with Crippen molar-refractivity contribution in [2.75, 3.05) is 20.3 Å². The van der Waals surface area contributed by atoms with E-state index in [-0.39, 0.29) is 22.7 Å². The highest BCUT2D eigenvalue weighted by Crippen LogP contribution is 2.37. The lowest BCUT2D eigenvalue weighted by atomic mass is 9.97. The molecule has 0 saturated carbocycles. The zero-order valence-corrected chi connectivity index (χ0v) is 25.1. The molecule has 1 N–H and O–H groups in total. The number of rotatable bonds is 10. The third kappa shape index (κ3) is 6.03. The van der Waals surface area contributed by atoms with Gasteiger partial charge in [-0.2, -0.15) is 0 Å². The van der Waals surface area contributed by atoms with Crippen LogP contribution in [0.1, 0.15) is 64.4 Å². The number of ether oxygens (including phenoxy) is 3. The molecule has 0 amide bonds. The van der Waals surface area contributed by atoms with Gasteiger partial charge in [0.15, 0.2) is 0 Å². The van der Waals surface area contributed by atoms with Gasteiger partial charge in [-0.3, -0.25) is 4.90 Å². The molecule has 6 rings (SSSR count). The number of pyridine rings is 1. The highest BCUT2D eigenvalue weighted by atomic mass is 35.5. The summed E-state index contributed by atoms with van der Waals surface area (Å²) >= 11 is 5.70. The van der Waals surface area contributed by atoms with Crippen LogP contribution < -0.4 is 9.47 Å². The first kappa shape index (κ1) is 31.1. The van der Waals surface area contributed by atoms with Gasteiger partial charge in [-0.1, -0.05) is 11.6 Å². The Balaban J connectivity index is 1.32. The fourth-order valence-electron chi connectivity index (χ4n) is 5.76. The molecule has 2 atom stereocenters. The monoisotopic (exact) mass is 648 g/mol. The maximum absolute atomic E-state index is 14.4. The number of carboxylic acids is 1. The smallest absolute Gasteiger partial charge is 0.335 e. The fourth-order valence-corrected chi connectivity index (χ4v) is 5.95. The van der Waals surface area contributed by atoms with Crippen molar-refractivity contribution in [2.45, 2.75) is 58.0 Å². The number of nitrogens with zero attached hydrogens (tertiary/aromatic N) is 4. The number of benzene rings is 2. The minimum atomic E-state index is -2.93. The first-order chi connectivity index (χ1) is 21.5. The second kappa shape index (κ2) is 12.5. The van der Waals surface area contributed by atoms with Gasteiger partial charge in [0.05, 0.1) is 60.2 Å². The van der Waals surface area contributed by atoms with Crippen molar-refractivity contribution in [3.63, 3.8) is 0 Å². The van der Waals surface area contributed by atoms with Crippen molar-refractivity contribution >= 4 is 28.6 Å². The molecule has 0 aliphatic carbocycles. The number of imidazole rings is 1. The van der Waals surface area contributed by atoms with Gasteiger partial charge in [-0.15, -0.1) is 0 Å². The van der Waals surface area contributed by atoms with E-state index in [1.165, 1.54) is 19.2 Å². The van der Waals surface area contributed by atoms with Gasteiger partial charge >= 0.3 is 5.97 Å². The van der Waals surface area contributed by atoms with E-state index in [0.29, 0.717) is 66.5 Å². The van der Waals surface area contributed by atoms with Crippen LogP contribution in [0.3, 0.4) is 0 Å². The quantitative estimate of drug-likeness (QED) is 0.195. The molecule has 9 nitrogen and oxygen atoms in total. The maximum Gasteiger partial charge on any atom is 0.335 e. The fraction of sp³-hybridized carbons (Fsp3) is 0.387. The van der Waals surface area contributed by atoms with Gasteiger partial charge in [0, 0.05) is 18.2 Å². The molecule has 45 heavy (non-hydrogen) atoms. The average Bonchev–Trinajstić information content (AvgIpc) is 3.31. The van der Waals surface area contributed by atoms with Crippen LogP contribution in [0.4, 0.5) is 17.6 Å². The molecular formula is C31H29ClF4N4O5. The molecule has 4 heterocycles. The first-order valence-electron chi connectivity index (χ1n) is 14.3. The molecule has 0 bridgehead atoms. The molecule has 2 aromatic carbocycles. The highest BCUT2D eigenvalue weighted by molar-refractivity contribution is 6.30. The summed E-state index contributed by atoms with van der Waals surface area (Å²) in [6.45, 7) is 3.14. The Morgan fingerprint density at radius 2 is 1.91 bits per heavy atom. The third-order valence-electron chi connectivity index (χ3n) is 8.32. The third-order valence-corrected chi connectivity index (χ3v) is 8.54. The first-order valence-corrected chi connectivity index (χ1v) is 14.7. The molecule has 2 aromatic heterocycles. The van der Waals surface area contributed by atoms with E-state index in [1.807, 2.05) is 11.5 Å². The topological polar surface area (TPSA) is 98.9 Å². The molecule has 0 unspecified atom stereocenters. The van der Waals surface area contributed by atoms with Gasteiger partial charge in [0.25, 0.3) is 6.43 Å². The van der Waals surface area contributed by atoms with Crippen LogP contribution in [-0.2, 0) is 30.9 Å². The normalized spacial score (nSPS) is 18.2. The number of carbonyl (C=O) groups is 1. The number of fused-ring (bicyclic) bond motifs is 2. The van der Waals surface area contributed by atoms with Crippen molar-refractivity contribution in [2.24, 2.45) is 0 Å². The van der Waals surface area contributed by atoms with Gasteiger partial charge in [-0.25, -0.2) is 32.3 Å². The second-order valence-corrected chi connectivity index (χ2v) is 11.5. The molecule has 2 aliphatic rings. The molecule has 2 aliphatic heterocycles. The SMILES string of the molecule is COc1cc(C(=O)O)cc2c1nc(CN1CCc3cc(C(F)F)c(OCc4c(F)cc(Cl)cc4F)nc3[C@@H]1C)n2C[C@@H]1CCO1. The number of halogens is 5. The van der Waals surface area contributed by atoms with Crippen molar-refractivity contribution in [3.05, 3.63) is 80.8 Å². The molecule has 238 valence electrons. The van der Waals surface area contributed by atoms with Gasteiger partial charge in [-0.05, 0) is 55.7 Å². The van der Waals surface area contributed by atoms with Crippen LogP contribution in [0.2, 0.25) is 5.02 Å².